The van der Waals surface area contributed by atoms with Crippen molar-refractivity contribution in [3.8, 4) is 6.07 Å². The second kappa shape index (κ2) is 10.0. The Balaban J connectivity index is 1.54. The third-order valence-corrected chi connectivity index (χ3v) is 6.90. The SMILES string of the molecule is CC(C)(C)C[C@H](NC(=O)OCc1ccc(F)cc1)C(=O)N1C[C@]2(C[C@H]1C#N)C(=O)Nc1ccc(Cl)cc12. The van der Waals surface area contributed by atoms with Crippen molar-refractivity contribution >= 4 is 35.2 Å². The monoisotopic (exact) mass is 526 g/mol. The Morgan fingerprint density at radius 2 is 2.00 bits per heavy atom. The standard InChI is InChI=1S/C27H28ClFN4O4/c1-26(2,3)12-22(32-25(36)37-14-16-4-7-18(29)8-5-16)23(34)33-15-27(11-19(33)13-30)20-10-17(28)6-9-21(20)31-24(27)35/h4-10,19,22H,11-12,14-15H2,1-3H3,(H,31,35)(H,32,36)/t19-,22-,27-/m0/s1. The van der Waals surface area contributed by atoms with Crippen molar-refractivity contribution in [3.63, 3.8) is 0 Å². The summed E-state index contributed by atoms with van der Waals surface area (Å²) in [6, 6.07) is 10.9. The van der Waals surface area contributed by atoms with E-state index in [2.05, 4.69) is 16.7 Å². The number of hydrogen-bond donors (Lipinski definition) is 2. The number of nitrogens with zero attached hydrogens (tertiary/aromatic N) is 2. The highest BCUT2D eigenvalue weighted by Crippen LogP contribution is 2.47. The number of amides is 3. The lowest BCUT2D eigenvalue weighted by atomic mass is 9.80. The van der Waals surface area contributed by atoms with Gasteiger partial charge in [0.05, 0.1) is 11.5 Å². The van der Waals surface area contributed by atoms with E-state index >= 15 is 0 Å². The van der Waals surface area contributed by atoms with Gasteiger partial charge in [0.25, 0.3) is 0 Å². The number of carbonyl (C=O) groups excluding carboxylic acids is 3. The predicted molar refractivity (Wildman–Crippen MR) is 135 cm³/mol. The molecule has 2 aliphatic heterocycles. The highest BCUT2D eigenvalue weighted by atomic mass is 35.5. The Labute approximate surface area is 219 Å². The number of halogens is 2. The number of alkyl carbamates (subject to hydrolysis) is 1. The molecule has 0 radical (unpaired) electrons. The molecule has 0 aromatic heterocycles. The van der Waals surface area contributed by atoms with E-state index in [1.54, 1.807) is 18.2 Å². The van der Waals surface area contributed by atoms with Crippen LogP contribution in [-0.4, -0.2) is 41.4 Å². The predicted octanol–water partition coefficient (Wildman–Crippen LogP) is 4.52. The third-order valence-electron chi connectivity index (χ3n) is 6.66. The molecule has 37 heavy (non-hydrogen) atoms. The first-order chi connectivity index (χ1) is 17.4. The number of nitriles is 1. The Kier molecular flexibility index (Phi) is 7.16. The summed E-state index contributed by atoms with van der Waals surface area (Å²) in [4.78, 5) is 40.9. The van der Waals surface area contributed by atoms with Crippen molar-refractivity contribution in [2.24, 2.45) is 5.41 Å². The minimum absolute atomic E-state index is 0.0177. The molecule has 3 atom stereocenters. The number of benzene rings is 2. The van der Waals surface area contributed by atoms with Crippen molar-refractivity contribution in [2.45, 2.75) is 57.7 Å². The van der Waals surface area contributed by atoms with E-state index < -0.39 is 35.3 Å². The normalized spacial score (nSPS) is 21.2. The summed E-state index contributed by atoms with van der Waals surface area (Å²) >= 11 is 6.20. The van der Waals surface area contributed by atoms with E-state index in [-0.39, 0.29) is 37.3 Å². The number of nitrogens with one attached hydrogen (secondary N) is 2. The molecule has 0 saturated carbocycles. The maximum Gasteiger partial charge on any atom is 0.408 e. The fraction of sp³-hybridized carbons (Fsp3) is 0.407. The van der Waals surface area contributed by atoms with Crippen LogP contribution in [0, 0.1) is 22.6 Å². The largest absolute Gasteiger partial charge is 0.445 e. The van der Waals surface area contributed by atoms with Crippen LogP contribution < -0.4 is 10.6 Å². The summed E-state index contributed by atoms with van der Waals surface area (Å²) in [6.45, 7) is 5.66. The summed E-state index contributed by atoms with van der Waals surface area (Å²) < 4.78 is 18.4. The molecule has 2 heterocycles. The quantitative estimate of drug-likeness (QED) is 0.595. The zero-order valence-electron chi connectivity index (χ0n) is 20.8. The van der Waals surface area contributed by atoms with Crippen molar-refractivity contribution in [1.29, 1.82) is 5.26 Å². The summed E-state index contributed by atoms with van der Waals surface area (Å²) in [7, 11) is 0. The molecule has 0 aliphatic carbocycles. The topological polar surface area (TPSA) is 112 Å². The van der Waals surface area contributed by atoms with Crippen LogP contribution in [0.2, 0.25) is 5.02 Å². The van der Waals surface area contributed by atoms with Crippen molar-refractivity contribution in [2.75, 3.05) is 11.9 Å². The molecule has 2 aliphatic rings. The van der Waals surface area contributed by atoms with Crippen LogP contribution in [0.4, 0.5) is 14.9 Å². The van der Waals surface area contributed by atoms with Gasteiger partial charge in [-0.15, -0.1) is 0 Å². The first-order valence-electron chi connectivity index (χ1n) is 11.9. The Morgan fingerprint density at radius 3 is 2.65 bits per heavy atom. The summed E-state index contributed by atoms with van der Waals surface area (Å²) in [5.41, 5.74) is 0.389. The Hall–Kier alpha value is -3.64. The first kappa shape index (κ1) is 26.4. The molecule has 194 valence electrons. The van der Waals surface area contributed by atoms with E-state index in [0.29, 0.717) is 21.8 Å². The van der Waals surface area contributed by atoms with Gasteiger partial charge in [-0.1, -0.05) is 44.5 Å². The minimum atomic E-state index is -1.11. The molecular formula is C27H28ClFN4O4. The minimum Gasteiger partial charge on any atom is -0.445 e. The molecule has 1 saturated heterocycles. The average Bonchev–Trinajstić information content (AvgIpc) is 3.35. The Morgan fingerprint density at radius 1 is 1.30 bits per heavy atom. The van der Waals surface area contributed by atoms with Crippen LogP contribution in [0.5, 0.6) is 0 Å². The van der Waals surface area contributed by atoms with Crippen LogP contribution in [0.25, 0.3) is 0 Å². The maximum atomic E-state index is 13.8. The van der Waals surface area contributed by atoms with Gasteiger partial charge in [-0.25, -0.2) is 9.18 Å². The fourth-order valence-electron chi connectivity index (χ4n) is 4.92. The summed E-state index contributed by atoms with van der Waals surface area (Å²) in [6.07, 6.45) is -0.426. The number of fused-ring (bicyclic) bond motifs is 2. The van der Waals surface area contributed by atoms with Crippen LogP contribution in [0.15, 0.2) is 42.5 Å². The van der Waals surface area contributed by atoms with Crippen molar-refractivity contribution < 1.29 is 23.5 Å². The smallest absolute Gasteiger partial charge is 0.408 e. The number of likely N-dealkylation sites (tertiary alicyclic amines) is 1. The van der Waals surface area contributed by atoms with Gasteiger partial charge in [0.2, 0.25) is 11.8 Å². The van der Waals surface area contributed by atoms with Gasteiger partial charge in [0.15, 0.2) is 0 Å². The fourth-order valence-corrected chi connectivity index (χ4v) is 5.10. The van der Waals surface area contributed by atoms with Gasteiger partial charge in [-0.05, 0) is 53.3 Å². The highest BCUT2D eigenvalue weighted by molar-refractivity contribution is 6.31. The molecule has 1 spiro atoms. The third kappa shape index (κ3) is 5.54. The molecule has 2 aromatic carbocycles. The van der Waals surface area contributed by atoms with Crippen molar-refractivity contribution in [1.82, 2.24) is 10.2 Å². The van der Waals surface area contributed by atoms with E-state index in [1.807, 2.05) is 20.8 Å². The lowest BCUT2D eigenvalue weighted by Gasteiger charge is -2.31. The average molecular weight is 527 g/mol. The van der Waals surface area contributed by atoms with E-state index in [4.69, 9.17) is 16.3 Å². The van der Waals surface area contributed by atoms with Crippen LogP contribution in [0.1, 0.15) is 44.7 Å². The van der Waals surface area contributed by atoms with Gasteiger partial charge in [0, 0.05) is 23.7 Å². The molecule has 3 amide bonds. The molecule has 10 heteroatoms. The van der Waals surface area contributed by atoms with Gasteiger partial charge in [-0.2, -0.15) is 5.26 Å². The van der Waals surface area contributed by atoms with Gasteiger partial charge < -0.3 is 20.3 Å². The number of carbonyl (C=O) groups is 3. The first-order valence-corrected chi connectivity index (χ1v) is 12.3. The van der Waals surface area contributed by atoms with Gasteiger partial charge >= 0.3 is 6.09 Å². The molecule has 4 rings (SSSR count). The van der Waals surface area contributed by atoms with E-state index in [9.17, 15) is 24.0 Å². The van der Waals surface area contributed by atoms with Crippen LogP contribution in [-0.2, 0) is 26.3 Å². The lowest BCUT2D eigenvalue weighted by Crippen LogP contribution is -2.52. The number of anilines is 1. The number of rotatable bonds is 5. The zero-order chi connectivity index (χ0) is 27.0. The molecular weight excluding hydrogens is 499 g/mol. The molecule has 2 N–H and O–H groups in total. The maximum absolute atomic E-state index is 13.8. The summed E-state index contributed by atoms with van der Waals surface area (Å²) in [5.74, 6) is -1.17. The zero-order valence-corrected chi connectivity index (χ0v) is 21.6. The van der Waals surface area contributed by atoms with Crippen LogP contribution >= 0.6 is 11.6 Å². The summed E-state index contributed by atoms with van der Waals surface area (Å²) in [5, 5.41) is 15.8. The number of hydrogen-bond acceptors (Lipinski definition) is 5. The lowest BCUT2D eigenvalue weighted by molar-refractivity contribution is -0.134. The van der Waals surface area contributed by atoms with Crippen LogP contribution in [0.3, 0.4) is 0 Å². The molecule has 0 unspecified atom stereocenters. The second-order valence-corrected chi connectivity index (χ2v) is 11.1. The number of ether oxygens (including phenoxy) is 1. The molecule has 8 nitrogen and oxygen atoms in total. The van der Waals surface area contributed by atoms with E-state index in [0.717, 1.165) is 0 Å². The molecule has 2 aromatic rings. The van der Waals surface area contributed by atoms with Crippen molar-refractivity contribution in [3.05, 3.63) is 64.4 Å². The second-order valence-electron chi connectivity index (χ2n) is 10.7. The molecule has 1 fully saturated rings. The molecule has 0 bridgehead atoms. The van der Waals surface area contributed by atoms with Gasteiger partial charge in [0.1, 0.15) is 24.5 Å². The van der Waals surface area contributed by atoms with Gasteiger partial charge in [-0.3, -0.25) is 9.59 Å². The Bertz CT molecular complexity index is 1270. The highest BCUT2D eigenvalue weighted by Gasteiger charge is 2.56. The van der Waals surface area contributed by atoms with E-state index in [1.165, 1.54) is 29.2 Å².